The molecule has 2 unspecified atom stereocenters. The van der Waals surface area contributed by atoms with Crippen molar-refractivity contribution in [2.24, 2.45) is 5.92 Å². The molecule has 84 valence electrons. The number of nitrogen functional groups attached to an aromatic ring is 2. The number of aromatic nitrogens is 3. The second-order valence-electron chi connectivity index (χ2n) is 4.95. The van der Waals surface area contributed by atoms with Gasteiger partial charge in [0.1, 0.15) is 5.82 Å². The molecule has 2 aliphatic rings. The summed E-state index contributed by atoms with van der Waals surface area (Å²) >= 11 is 0. The fourth-order valence-electron chi connectivity index (χ4n) is 2.99. The SMILES string of the molecule is CC1(c2nc(N)nc(N)n2)CC2CC=C1C2. The predicted octanol–water partition coefficient (Wildman–Crippen LogP) is 1.03. The van der Waals surface area contributed by atoms with E-state index in [1.807, 2.05) is 0 Å². The van der Waals surface area contributed by atoms with Crippen LogP contribution in [0, 0.1) is 5.92 Å². The fourth-order valence-corrected chi connectivity index (χ4v) is 2.99. The minimum Gasteiger partial charge on any atom is -0.368 e. The number of hydrogen-bond acceptors (Lipinski definition) is 5. The van der Waals surface area contributed by atoms with Gasteiger partial charge in [0, 0.05) is 5.41 Å². The smallest absolute Gasteiger partial charge is 0.225 e. The van der Waals surface area contributed by atoms with Gasteiger partial charge in [-0.05, 0) is 32.1 Å². The first-order valence-corrected chi connectivity index (χ1v) is 5.55. The van der Waals surface area contributed by atoms with Crippen LogP contribution in [0.4, 0.5) is 11.9 Å². The summed E-state index contributed by atoms with van der Waals surface area (Å²) in [5.74, 6) is 1.91. The number of rotatable bonds is 1. The summed E-state index contributed by atoms with van der Waals surface area (Å²) in [6.45, 7) is 2.17. The number of hydrogen-bond donors (Lipinski definition) is 2. The Morgan fingerprint density at radius 3 is 2.44 bits per heavy atom. The van der Waals surface area contributed by atoms with E-state index in [1.54, 1.807) is 0 Å². The van der Waals surface area contributed by atoms with E-state index in [9.17, 15) is 0 Å². The maximum absolute atomic E-state index is 5.62. The van der Waals surface area contributed by atoms with Crippen LogP contribution in [0.3, 0.4) is 0 Å². The third-order valence-electron chi connectivity index (χ3n) is 3.78. The average Bonchev–Trinajstić information content (AvgIpc) is 2.76. The Labute approximate surface area is 94.0 Å². The van der Waals surface area contributed by atoms with E-state index in [1.165, 1.54) is 18.4 Å². The van der Waals surface area contributed by atoms with Crippen molar-refractivity contribution in [2.45, 2.75) is 31.6 Å². The molecule has 2 atom stereocenters. The highest BCUT2D eigenvalue weighted by Gasteiger charge is 2.45. The first kappa shape index (κ1) is 9.57. The van der Waals surface area contributed by atoms with Gasteiger partial charge >= 0.3 is 0 Å². The van der Waals surface area contributed by atoms with E-state index in [-0.39, 0.29) is 17.3 Å². The monoisotopic (exact) mass is 217 g/mol. The summed E-state index contributed by atoms with van der Waals surface area (Å²) in [7, 11) is 0. The maximum atomic E-state index is 5.62. The second-order valence-corrected chi connectivity index (χ2v) is 4.95. The van der Waals surface area contributed by atoms with Gasteiger partial charge in [-0.25, -0.2) is 0 Å². The zero-order chi connectivity index (χ0) is 11.3. The van der Waals surface area contributed by atoms with Crippen LogP contribution in [0.2, 0.25) is 0 Å². The largest absolute Gasteiger partial charge is 0.368 e. The van der Waals surface area contributed by atoms with Crippen molar-refractivity contribution < 1.29 is 0 Å². The van der Waals surface area contributed by atoms with Crippen LogP contribution in [0.5, 0.6) is 0 Å². The van der Waals surface area contributed by atoms with Crippen LogP contribution in [0.25, 0.3) is 0 Å². The third-order valence-corrected chi connectivity index (χ3v) is 3.78. The van der Waals surface area contributed by atoms with E-state index in [0.29, 0.717) is 0 Å². The summed E-state index contributed by atoms with van der Waals surface area (Å²) in [4.78, 5) is 12.3. The summed E-state index contributed by atoms with van der Waals surface area (Å²) in [6, 6.07) is 0. The quantitative estimate of drug-likeness (QED) is 0.686. The third kappa shape index (κ3) is 1.20. The summed E-state index contributed by atoms with van der Waals surface area (Å²) in [5, 5.41) is 0. The molecule has 5 heteroatoms. The molecule has 1 aromatic heterocycles. The molecular weight excluding hydrogens is 202 g/mol. The highest BCUT2D eigenvalue weighted by atomic mass is 15.1. The van der Waals surface area contributed by atoms with E-state index < -0.39 is 0 Å². The van der Waals surface area contributed by atoms with Gasteiger partial charge in [0.25, 0.3) is 0 Å². The number of allylic oxidation sites excluding steroid dienone is 2. The highest BCUT2D eigenvalue weighted by Crippen LogP contribution is 2.52. The Balaban J connectivity index is 2.09. The molecule has 0 aliphatic heterocycles. The molecule has 1 aromatic rings. The van der Waals surface area contributed by atoms with E-state index in [4.69, 9.17) is 11.5 Å². The standard InChI is InChI=1S/C11H15N5/c1-11(5-6-2-3-7(11)4-6)8-14-9(12)16-10(13)15-8/h3,6H,2,4-5H2,1H3,(H4,12,13,14,15,16). The van der Waals surface area contributed by atoms with Crippen molar-refractivity contribution in [3.63, 3.8) is 0 Å². The van der Waals surface area contributed by atoms with Crippen molar-refractivity contribution in [2.75, 3.05) is 11.5 Å². The van der Waals surface area contributed by atoms with Gasteiger partial charge < -0.3 is 11.5 Å². The maximum Gasteiger partial charge on any atom is 0.225 e. The lowest BCUT2D eigenvalue weighted by atomic mass is 9.80. The molecule has 0 radical (unpaired) electrons. The van der Waals surface area contributed by atoms with Gasteiger partial charge in [0.15, 0.2) is 0 Å². The van der Waals surface area contributed by atoms with Crippen molar-refractivity contribution in [3.8, 4) is 0 Å². The van der Waals surface area contributed by atoms with Crippen molar-refractivity contribution >= 4 is 11.9 Å². The molecule has 0 saturated heterocycles. The molecule has 1 fully saturated rings. The number of nitrogens with two attached hydrogens (primary N) is 2. The molecule has 1 saturated carbocycles. The first-order valence-electron chi connectivity index (χ1n) is 5.55. The Kier molecular flexibility index (Phi) is 1.75. The van der Waals surface area contributed by atoms with Crippen molar-refractivity contribution in [1.82, 2.24) is 15.0 Å². The topological polar surface area (TPSA) is 90.7 Å². The lowest BCUT2D eigenvalue weighted by Gasteiger charge is -2.27. The molecule has 2 bridgehead atoms. The number of fused-ring (bicyclic) bond motifs is 2. The number of nitrogens with zero attached hydrogens (tertiary/aromatic N) is 3. The van der Waals surface area contributed by atoms with Crippen LogP contribution in [0.15, 0.2) is 11.6 Å². The molecule has 2 aliphatic carbocycles. The molecule has 0 spiro atoms. The van der Waals surface area contributed by atoms with E-state index in [2.05, 4.69) is 28.0 Å². The van der Waals surface area contributed by atoms with Crippen LogP contribution in [-0.4, -0.2) is 15.0 Å². The minimum atomic E-state index is -0.0753. The zero-order valence-electron chi connectivity index (χ0n) is 9.27. The van der Waals surface area contributed by atoms with Crippen molar-refractivity contribution in [3.05, 3.63) is 17.5 Å². The van der Waals surface area contributed by atoms with Gasteiger partial charge in [0.2, 0.25) is 11.9 Å². The van der Waals surface area contributed by atoms with E-state index in [0.717, 1.165) is 18.2 Å². The highest BCUT2D eigenvalue weighted by molar-refractivity contribution is 5.39. The molecule has 4 N–H and O–H groups in total. The second kappa shape index (κ2) is 2.93. The molecule has 16 heavy (non-hydrogen) atoms. The first-order chi connectivity index (χ1) is 7.58. The lowest BCUT2D eigenvalue weighted by Crippen LogP contribution is -2.26. The molecule has 0 aromatic carbocycles. The van der Waals surface area contributed by atoms with Gasteiger partial charge in [-0.15, -0.1) is 0 Å². The van der Waals surface area contributed by atoms with E-state index >= 15 is 0 Å². The minimum absolute atomic E-state index is 0.0753. The van der Waals surface area contributed by atoms with Crippen LogP contribution < -0.4 is 11.5 Å². The summed E-state index contributed by atoms with van der Waals surface area (Å²) < 4.78 is 0. The molecule has 3 rings (SSSR count). The lowest BCUT2D eigenvalue weighted by molar-refractivity contribution is 0.442. The molecule has 1 heterocycles. The Hall–Kier alpha value is -1.65. The molecular formula is C11H15N5. The zero-order valence-corrected chi connectivity index (χ0v) is 9.27. The van der Waals surface area contributed by atoms with Gasteiger partial charge in [-0.1, -0.05) is 11.6 Å². The summed E-state index contributed by atoms with van der Waals surface area (Å²) in [5.41, 5.74) is 12.6. The Morgan fingerprint density at radius 2 is 1.94 bits per heavy atom. The Bertz CT molecular complexity index is 461. The predicted molar refractivity (Wildman–Crippen MR) is 61.4 cm³/mol. The average molecular weight is 217 g/mol. The van der Waals surface area contributed by atoms with Gasteiger partial charge in [-0.2, -0.15) is 15.0 Å². The molecule has 0 amide bonds. The van der Waals surface area contributed by atoms with Gasteiger partial charge in [-0.3, -0.25) is 0 Å². The van der Waals surface area contributed by atoms with Gasteiger partial charge in [0.05, 0.1) is 0 Å². The van der Waals surface area contributed by atoms with Crippen LogP contribution >= 0.6 is 0 Å². The normalized spacial score (nSPS) is 31.8. The fraction of sp³-hybridized carbons (Fsp3) is 0.545. The molecule has 5 nitrogen and oxygen atoms in total. The number of anilines is 2. The van der Waals surface area contributed by atoms with Crippen LogP contribution in [0.1, 0.15) is 32.0 Å². The summed E-state index contributed by atoms with van der Waals surface area (Å²) in [6.07, 6.45) is 5.77. The van der Waals surface area contributed by atoms with Crippen molar-refractivity contribution in [1.29, 1.82) is 0 Å². The van der Waals surface area contributed by atoms with Crippen LogP contribution in [-0.2, 0) is 5.41 Å². The Morgan fingerprint density at radius 1 is 1.25 bits per heavy atom.